The van der Waals surface area contributed by atoms with Crippen LogP contribution in [-0.2, 0) is 13.0 Å². The molecule has 0 heterocycles. The van der Waals surface area contributed by atoms with Gasteiger partial charge in [-0.1, -0.05) is 29.8 Å². The standard InChI is InChI=1S/C19H24ClNO3/c1-4-24-19-11-15(16(20)12-18(19)23-3)13-21-10-9-14-7-5-6-8-17(14)22-2/h5-8,11-12,21H,4,9-10,13H2,1-3H3. The minimum absolute atomic E-state index is 0.582. The van der Waals surface area contributed by atoms with E-state index in [0.29, 0.717) is 29.7 Å². The molecule has 24 heavy (non-hydrogen) atoms. The second-order valence-corrected chi connectivity index (χ2v) is 5.67. The molecule has 0 bridgehead atoms. The fourth-order valence-corrected chi connectivity index (χ4v) is 2.72. The predicted molar refractivity (Wildman–Crippen MR) is 97.6 cm³/mol. The van der Waals surface area contributed by atoms with Crippen molar-refractivity contribution in [3.8, 4) is 17.2 Å². The molecule has 0 amide bonds. The van der Waals surface area contributed by atoms with Gasteiger partial charge in [-0.25, -0.2) is 0 Å². The number of hydrogen-bond donors (Lipinski definition) is 1. The summed E-state index contributed by atoms with van der Waals surface area (Å²) in [5.74, 6) is 2.28. The average Bonchev–Trinajstić information content (AvgIpc) is 2.61. The van der Waals surface area contributed by atoms with E-state index in [2.05, 4.69) is 11.4 Å². The monoisotopic (exact) mass is 349 g/mol. The van der Waals surface area contributed by atoms with Crippen molar-refractivity contribution < 1.29 is 14.2 Å². The molecule has 0 saturated carbocycles. The van der Waals surface area contributed by atoms with Gasteiger partial charge in [0.1, 0.15) is 5.75 Å². The van der Waals surface area contributed by atoms with Crippen molar-refractivity contribution in [3.63, 3.8) is 0 Å². The lowest BCUT2D eigenvalue weighted by Crippen LogP contribution is -2.17. The molecule has 0 aliphatic rings. The van der Waals surface area contributed by atoms with E-state index in [1.54, 1.807) is 20.3 Å². The number of nitrogens with one attached hydrogen (secondary N) is 1. The summed E-state index contributed by atoms with van der Waals surface area (Å²) >= 11 is 6.33. The smallest absolute Gasteiger partial charge is 0.162 e. The molecule has 130 valence electrons. The molecule has 0 saturated heterocycles. The van der Waals surface area contributed by atoms with Crippen LogP contribution in [0.3, 0.4) is 0 Å². The van der Waals surface area contributed by atoms with Crippen LogP contribution < -0.4 is 19.5 Å². The maximum absolute atomic E-state index is 6.33. The zero-order valence-corrected chi connectivity index (χ0v) is 15.2. The van der Waals surface area contributed by atoms with E-state index < -0.39 is 0 Å². The van der Waals surface area contributed by atoms with Crippen LogP contribution in [0.15, 0.2) is 36.4 Å². The number of benzene rings is 2. The van der Waals surface area contributed by atoms with Crippen molar-refractivity contribution in [2.45, 2.75) is 19.9 Å². The zero-order chi connectivity index (χ0) is 17.4. The lowest BCUT2D eigenvalue weighted by molar-refractivity contribution is 0.310. The molecule has 0 fully saturated rings. The van der Waals surface area contributed by atoms with Gasteiger partial charge in [-0.2, -0.15) is 0 Å². The summed E-state index contributed by atoms with van der Waals surface area (Å²) in [4.78, 5) is 0. The predicted octanol–water partition coefficient (Wildman–Crippen LogP) is 4.09. The Kier molecular flexibility index (Phi) is 7.22. The van der Waals surface area contributed by atoms with Gasteiger partial charge < -0.3 is 19.5 Å². The molecule has 0 aliphatic carbocycles. The van der Waals surface area contributed by atoms with E-state index >= 15 is 0 Å². The van der Waals surface area contributed by atoms with Gasteiger partial charge in [0.15, 0.2) is 11.5 Å². The summed E-state index contributed by atoms with van der Waals surface area (Å²) in [5, 5.41) is 4.08. The average molecular weight is 350 g/mol. The third kappa shape index (κ3) is 4.79. The Morgan fingerprint density at radius 1 is 0.958 bits per heavy atom. The van der Waals surface area contributed by atoms with Crippen LogP contribution in [0, 0.1) is 0 Å². The lowest BCUT2D eigenvalue weighted by Gasteiger charge is -2.14. The minimum atomic E-state index is 0.582. The van der Waals surface area contributed by atoms with Crippen LogP contribution in [0.5, 0.6) is 17.2 Å². The summed E-state index contributed by atoms with van der Waals surface area (Å²) < 4.78 is 16.3. The molecule has 2 aromatic rings. The van der Waals surface area contributed by atoms with Crippen LogP contribution in [-0.4, -0.2) is 27.4 Å². The number of rotatable bonds is 9. The van der Waals surface area contributed by atoms with Gasteiger partial charge >= 0.3 is 0 Å². The molecular formula is C19H24ClNO3. The Labute approximate surface area is 148 Å². The largest absolute Gasteiger partial charge is 0.496 e. The van der Waals surface area contributed by atoms with Gasteiger partial charge in [-0.05, 0) is 43.1 Å². The Morgan fingerprint density at radius 3 is 2.42 bits per heavy atom. The summed E-state index contributed by atoms with van der Waals surface area (Å²) in [6.07, 6.45) is 0.885. The van der Waals surface area contributed by atoms with Gasteiger partial charge in [-0.15, -0.1) is 0 Å². The van der Waals surface area contributed by atoms with Crippen LogP contribution in [0.2, 0.25) is 5.02 Å². The Bertz CT molecular complexity index is 661. The highest BCUT2D eigenvalue weighted by atomic mass is 35.5. The maximum atomic E-state index is 6.33. The molecule has 2 aromatic carbocycles. The van der Waals surface area contributed by atoms with E-state index in [1.807, 2.05) is 31.2 Å². The number of halogens is 1. The highest BCUT2D eigenvalue weighted by Crippen LogP contribution is 2.33. The highest BCUT2D eigenvalue weighted by Gasteiger charge is 2.10. The van der Waals surface area contributed by atoms with E-state index in [1.165, 1.54) is 5.56 Å². The summed E-state index contributed by atoms with van der Waals surface area (Å²) in [7, 11) is 3.30. The van der Waals surface area contributed by atoms with Crippen LogP contribution in [0.1, 0.15) is 18.1 Å². The molecule has 5 heteroatoms. The molecule has 0 unspecified atom stereocenters. The second-order valence-electron chi connectivity index (χ2n) is 5.27. The first-order chi connectivity index (χ1) is 11.7. The molecule has 0 radical (unpaired) electrons. The molecular weight excluding hydrogens is 326 g/mol. The second kappa shape index (κ2) is 9.40. The summed E-state index contributed by atoms with van der Waals surface area (Å²) in [5.41, 5.74) is 2.17. The molecule has 0 atom stereocenters. The first-order valence-corrected chi connectivity index (χ1v) is 8.39. The van der Waals surface area contributed by atoms with E-state index in [4.69, 9.17) is 25.8 Å². The molecule has 1 N–H and O–H groups in total. The van der Waals surface area contributed by atoms with Gasteiger partial charge in [0.2, 0.25) is 0 Å². The fraction of sp³-hybridized carbons (Fsp3) is 0.368. The van der Waals surface area contributed by atoms with E-state index in [9.17, 15) is 0 Å². The van der Waals surface area contributed by atoms with Gasteiger partial charge in [0, 0.05) is 17.6 Å². The minimum Gasteiger partial charge on any atom is -0.496 e. The third-order valence-electron chi connectivity index (χ3n) is 3.71. The van der Waals surface area contributed by atoms with Crippen molar-refractivity contribution in [3.05, 3.63) is 52.5 Å². The lowest BCUT2D eigenvalue weighted by atomic mass is 10.1. The van der Waals surface area contributed by atoms with E-state index in [0.717, 1.165) is 24.3 Å². The number of para-hydroxylation sites is 1. The maximum Gasteiger partial charge on any atom is 0.162 e. The summed E-state index contributed by atoms with van der Waals surface area (Å²) in [6, 6.07) is 11.8. The van der Waals surface area contributed by atoms with Crippen molar-refractivity contribution in [2.75, 3.05) is 27.4 Å². The fourth-order valence-electron chi connectivity index (χ4n) is 2.50. The number of ether oxygens (including phenoxy) is 3. The summed E-state index contributed by atoms with van der Waals surface area (Å²) in [6.45, 7) is 4.02. The highest BCUT2D eigenvalue weighted by molar-refractivity contribution is 6.31. The SMILES string of the molecule is CCOc1cc(CNCCc2ccccc2OC)c(Cl)cc1OC. The zero-order valence-electron chi connectivity index (χ0n) is 14.4. The first-order valence-electron chi connectivity index (χ1n) is 8.01. The normalized spacial score (nSPS) is 10.5. The van der Waals surface area contributed by atoms with Crippen LogP contribution in [0.25, 0.3) is 0 Å². The number of hydrogen-bond acceptors (Lipinski definition) is 4. The third-order valence-corrected chi connectivity index (χ3v) is 4.06. The Morgan fingerprint density at radius 2 is 1.71 bits per heavy atom. The molecule has 0 spiro atoms. The van der Waals surface area contributed by atoms with Gasteiger partial charge in [-0.3, -0.25) is 0 Å². The quantitative estimate of drug-likeness (QED) is 0.692. The molecule has 2 rings (SSSR count). The first kappa shape index (κ1) is 18.4. The van der Waals surface area contributed by atoms with Crippen molar-refractivity contribution in [1.82, 2.24) is 5.32 Å². The number of methoxy groups -OCH3 is 2. The molecule has 4 nitrogen and oxygen atoms in total. The van der Waals surface area contributed by atoms with Gasteiger partial charge in [0.25, 0.3) is 0 Å². The van der Waals surface area contributed by atoms with Crippen molar-refractivity contribution in [1.29, 1.82) is 0 Å². The Hall–Kier alpha value is -1.91. The molecule has 0 aliphatic heterocycles. The van der Waals surface area contributed by atoms with Crippen LogP contribution >= 0.6 is 11.6 Å². The Balaban J connectivity index is 1.95. The van der Waals surface area contributed by atoms with Crippen molar-refractivity contribution in [2.24, 2.45) is 0 Å². The van der Waals surface area contributed by atoms with Gasteiger partial charge in [0.05, 0.1) is 20.8 Å². The van der Waals surface area contributed by atoms with Crippen molar-refractivity contribution >= 4 is 11.6 Å². The topological polar surface area (TPSA) is 39.7 Å². The molecule has 0 aromatic heterocycles. The van der Waals surface area contributed by atoms with Crippen LogP contribution in [0.4, 0.5) is 0 Å². The van der Waals surface area contributed by atoms with E-state index in [-0.39, 0.29) is 0 Å².